The predicted octanol–water partition coefficient (Wildman–Crippen LogP) is 2.67. The zero-order valence-corrected chi connectivity index (χ0v) is 14.4. The second kappa shape index (κ2) is 7.99. The van der Waals surface area contributed by atoms with Crippen molar-refractivity contribution >= 4 is 11.6 Å². The maximum absolute atomic E-state index is 10.7. The third-order valence-corrected chi connectivity index (χ3v) is 4.00. The summed E-state index contributed by atoms with van der Waals surface area (Å²) in [5, 5.41) is 11.3. The van der Waals surface area contributed by atoms with Crippen LogP contribution in [-0.2, 0) is 0 Å². The fourth-order valence-corrected chi connectivity index (χ4v) is 2.61. The van der Waals surface area contributed by atoms with Crippen LogP contribution >= 0.6 is 11.6 Å². The number of halogens is 1. The standard InChI is InChI=1S/C16H27ClN2O2/c1-6-21-16-10(2)9-12(17)11(3)14(16)15(20)13(18)7-8-19(4)5/h9,13,15,20H,6-8,18H2,1-5H3. The Hall–Kier alpha value is -0.810. The first kappa shape index (κ1) is 18.2. The Labute approximate surface area is 132 Å². The van der Waals surface area contributed by atoms with Gasteiger partial charge < -0.3 is 20.5 Å². The maximum atomic E-state index is 10.7. The molecule has 2 unspecified atom stereocenters. The molecule has 0 saturated carbocycles. The molecule has 0 bridgehead atoms. The first-order valence-corrected chi connectivity index (χ1v) is 7.68. The Balaban J connectivity index is 3.14. The molecule has 21 heavy (non-hydrogen) atoms. The average molecular weight is 315 g/mol. The van der Waals surface area contributed by atoms with Gasteiger partial charge >= 0.3 is 0 Å². The molecule has 0 spiro atoms. The summed E-state index contributed by atoms with van der Waals surface area (Å²) < 4.78 is 5.72. The molecule has 1 aromatic carbocycles. The zero-order valence-electron chi connectivity index (χ0n) is 13.6. The summed E-state index contributed by atoms with van der Waals surface area (Å²) in [6.45, 7) is 7.10. The lowest BCUT2D eigenvalue weighted by molar-refractivity contribution is 0.132. The number of ether oxygens (including phenoxy) is 1. The molecule has 0 amide bonds. The number of aliphatic hydroxyl groups excluding tert-OH is 1. The number of hydrogen-bond donors (Lipinski definition) is 2. The topological polar surface area (TPSA) is 58.7 Å². The summed E-state index contributed by atoms with van der Waals surface area (Å²) >= 11 is 6.25. The maximum Gasteiger partial charge on any atom is 0.128 e. The first-order valence-electron chi connectivity index (χ1n) is 7.30. The summed E-state index contributed by atoms with van der Waals surface area (Å²) in [6, 6.07) is 1.51. The molecule has 5 heteroatoms. The molecular weight excluding hydrogens is 288 g/mol. The lowest BCUT2D eigenvalue weighted by Crippen LogP contribution is -2.32. The highest BCUT2D eigenvalue weighted by Gasteiger charge is 2.25. The van der Waals surface area contributed by atoms with Gasteiger partial charge in [-0.05, 0) is 65.0 Å². The first-order chi connectivity index (χ1) is 9.79. The molecule has 120 valence electrons. The van der Waals surface area contributed by atoms with Gasteiger partial charge in [0.05, 0.1) is 12.7 Å². The van der Waals surface area contributed by atoms with E-state index in [2.05, 4.69) is 0 Å². The highest BCUT2D eigenvalue weighted by atomic mass is 35.5. The zero-order chi connectivity index (χ0) is 16.2. The van der Waals surface area contributed by atoms with Gasteiger partial charge in [0.2, 0.25) is 0 Å². The van der Waals surface area contributed by atoms with Crippen LogP contribution in [0, 0.1) is 13.8 Å². The minimum Gasteiger partial charge on any atom is -0.493 e. The molecule has 4 nitrogen and oxygen atoms in total. The lowest BCUT2D eigenvalue weighted by Gasteiger charge is -2.26. The number of aliphatic hydroxyl groups is 1. The number of aryl methyl sites for hydroxylation is 1. The Kier molecular flexibility index (Phi) is 6.94. The Bertz CT molecular complexity index is 478. The molecule has 0 heterocycles. The van der Waals surface area contributed by atoms with Crippen molar-refractivity contribution in [1.29, 1.82) is 0 Å². The van der Waals surface area contributed by atoms with Crippen molar-refractivity contribution in [2.24, 2.45) is 5.73 Å². The third-order valence-electron chi connectivity index (χ3n) is 3.61. The smallest absolute Gasteiger partial charge is 0.128 e. The van der Waals surface area contributed by atoms with Crippen molar-refractivity contribution in [2.75, 3.05) is 27.2 Å². The van der Waals surface area contributed by atoms with Gasteiger partial charge in [0.25, 0.3) is 0 Å². The monoisotopic (exact) mass is 314 g/mol. The van der Waals surface area contributed by atoms with E-state index >= 15 is 0 Å². The SMILES string of the molecule is CCOc1c(C)cc(Cl)c(C)c1C(O)C(N)CCN(C)C. The van der Waals surface area contributed by atoms with E-state index in [0.29, 0.717) is 29.4 Å². The average Bonchev–Trinajstić information content (AvgIpc) is 2.41. The van der Waals surface area contributed by atoms with E-state index in [-0.39, 0.29) is 6.04 Å². The van der Waals surface area contributed by atoms with Crippen LogP contribution in [0.1, 0.15) is 36.1 Å². The van der Waals surface area contributed by atoms with Gasteiger partial charge in [-0.3, -0.25) is 0 Å². The molecule has 0 aliphatic heterocycles. The van der Waals surface area contributed by atoms with Crippen LogP contribution < -0.4 is 10.5 Å². The van der Waals surface area contributed by atoms with Crippen LogP contribution in [0.5, 0.6) is 5.75 Å². The van der Waals surface area contributed by atoms with Gasteiger partial charge in [-0.2, -0.15) is 0 Å². The van der Waals surface area contributed by atoms with E-state index in [0.717, 1.165) is 17.7 Å². The summed E-state index contributed by atoms with van der Waals surface area (Å²) in [6.07, 6.45) is -0.0889. The fraction of sp³-hybridized carbons (Fsp3) is 0.625. The van der Waals surface area contributed by atoms with Gasteiger partial charge in [0.15, 0.2) is 0 Å². The molecule has 3 N–H and O–H groups in total. The van der Waals surface area contributed by atoms with Crippen molar-refractivity contribution < 1.29 is 9.84 Å². The second-order valence-corrected chi connectivity index (χ2v) is 6.08. The summed E-state index contributed by atoms with van der Waals surface area (Å²) in [5.41, 5.74) is 8.62. The largest absolute Gasteiger partial charge is 0.493 e. The van der Waals surface area contributed by atoms with E-state index in [9.17, 15) is 5.11 Å². The number of nitrogens with two attached hydrogens (primary N) is 1. The van der Waals surface area contributed by atoms with Crippen molar-refractivity contribution in [3.63, 3.8) is 0 Å². The van der Waals surface area contributed by atoms with E-state index in [4.69, 9.17) is 22.1 Å². The molecule has 2 atom stereocenters. The van der Waals surface area contributed by atoms with Crippen LogP contribution in [0.3, 0.4) is 0 Å². The van der Waals surface area contributed by atoms with Gasteiger partial charge in [0, 0.05) is 16.6 Å². The molecule has 0 aliphatic carbocycles. The van der Waals surface area contributed by atoms with Crippen LogP contribution in [-0.4, -0.2) is 43.3 Å². The van der Waals surface area contributed by atoms with Crippen molar-refractivity contribution in [3.8, 4) is 5.75 Å². The molecule has 0 aliphatic rings. The molecule has 0 fully saturated rings. The molecule has 0 aromatic heterocycles. The van der Waals surface area contributed by atoms with E-state index in [1.807, 2.05) is 45.8 Å². The molecule has 1 aromatic rings. The van der Waals surface area contributed by atoms with Crippen LogP contribution in [0.25, 0.3) is 0 Å². The quantitative estimate of drug-likeness (QED) is 0.812. The van der Waals surface area contributed by atoms with Crippen molar-refractivity contribution in [3.05, 3.63) is 27.8 Å². The van der Waals surface area contributed by atoms with E-state index in [1.165, 1.54) is 0 Å². The third kappa shape index (κ3) is 4.58. The van der Waals surface area contributed by atoms with Gasteiger partial charge in [-0.25, -0.2) is 0 Å². The highest BCUT2D eigenvalue weighted by molar-refractivity contribution is 6.31. The number of nitrogens with zero attached hydrogens (tertiary/aromatic N) is 1. The van der Waals surface area contributed by atoms with Gasteiger partial charge in [-0.1, -0.05) is 11.6 Å². The number of benzene rings is 1. The summed E-state index contributed by atoms with van der Waals surface area (Å²) in [5.74, 6) is 0.701. The van der Waals surface area contributed by atoms with Crippen LogP contribution in [0.2, 0.25) is 5.02 Å². The lowest BCUT2D eigenvalue weighted by atomic mass is 9.93. The fourth-order valence-electron chi connectivity index (χ4n) is 2.35. The Morgan fingerprint density at radius 1 is 1.38 bits per heavy atom. The van der Waals surface area contributed by atoms with E-state index < -0.39 is 6.10 Å². The molecular formula is C16H27ClN2O2. The van der Waals surface area contributed by atoms with Crippen LogP contribution in [0.15, 0.2) is 6.07 Å². The van der Waals surface area contributed by atoms with Crippen LogP contribution in [0.4, 0.5) is 0 Å². The second-order valence-electron chi connectivity index (χ2n) is 5.68. The molecule has 0 radical (unpaired) electrons. The predicted molar refractivity (Wildman–Crippen MR) is 88.2 cm³/mol. The van der Waals surface area contributed by atoms with Gasteiger partial charge in [0.1, 0.15) is 5.75 Å². The normalized spacial score (nSPS) is 14.3. The molecule has 1 rings (SSSR count). The molecule has 0 saturated heterocycles. The number of hydrogen-bond acceptors (Lipinski definition) is 4. The highest BCUT2D eigenvalue weighted by Crippen LogP contribution is 2.37. The van der Waals surface area contributed by atoms with Crippen molar-refractivity contribution in [1.82, 2.24) is 4.90 Å². The van der Waals surface area contributed by atoms with E-state index in [1.54, 1.807) is 0 Å². The minimum absolute atomic E-state index is 0.358. The van der Waals surface area contributed by atoms with Crippen molar-refractivity contribution in [2.45, 2.75) is 39.3 Å². The summed E-state index contributed by atoms with van der Waals surface area (Å²) in [4.78, 5) is 2.05. The number of rotatable bonds is 7. The Morgan fingerprint density at radius 2 is 2.00 bits per heavy atom. The Morgan fingerprint density at radius 3 is 2.52 bits per heavy atom. The minimum atomic E-state index is -0.788. The van der Waals surface area contributed by atoms with Gasteiger partial charge in [-0.15, -0.1) is 0 Å². The summed E-state index contributed by atoms with van der Waals surface area (Å²) in [7, 11) is 3.97.